The standard InChI is InChI=1S/C16H27N3O2/c1-4-7-8-12(5-2)10-18-15-14(16(20)21-6-3)9-13(17)11-19-15/h9,11-12H,4-8,10,17H2,1-3H3,(H,18,19). The first kappa shape index (κ1) is 17.3. The third-order valence-corrected chi connectivity index (χ3v) is 3.51. The predicted octanol–water partition coefficient (Wildman–Crippen LogP) is 3.47. The van der Waals surface area contributed by atoms with Gasteiger partial charge in [-0.25, -0.2) is 9.78 Å². The summed E-state index contributed by atoms with van der Waals surface area (Å²) in [4.78, 5) is 16.2. The van der Waals surface area contributed by atoms with Gasteiger partial charge in [0.2, 0.25) is 0 Å². The lowest BCUT2D eigenvalue weighted by atomic mass is 9.99. The molecule has 3 N–H and O–H groups in total. The maximum Gasteiger partial charge on any atom is 0.341 e. The molecule has 1 aromatic heterocycles. The molecule has 0 saturated heterocycles. The number of nitrogens with zero attached hydrogens (tertiary/aromatic N) is 1. The molecule has 0 aromatic carbocycles. The lowest BCUT2D eigenvalue weighted by molar-refractivity contribution is 0.0527. The van der Waals surface area contributed by atoms with Crippen LogP contribution in [0.15, 0.2) is 12.3 Å². The SMILES string of the molecule is CCCCC(CC)CNc1ncc(N)cc1C(=O)OCC. The van der Waals surface area contributed by atoms with Crippen molar-refractivity contribution in [3.63, 3.8) is 0 Å². The Labute approximate surface area is 127 Å². The van der Waals surface area contributed by atoms with Crippen LogP contribution in [0.2, 0.25) is 0 Å². The van der Waals surface area contributed by atoms with Gasteiger partial charge in [0.15, 0.2) is 0 Å². The molecule has 1 atom stereocenters. The van der Waals surface area contributed by atoms with Crippen molar-refractivity contribution in [1.82, 2.24) is 4.98 Å². The first-order valence-electron chi connectivity index (χ1n) is 7.78. The monoisotopic (exact) mass is 293 g/mol. The lowest BCUT2D eigenvalue weighted by Crippen LogP contribution is -2.17. The number of hydrogen-bond donors (Lipinski definition) is 2. The number of carbonyl (C=O) groups is 1. The Morgan fingerprint density at radius 3 is 2.81 bits per heavy atom. The molecule has 5 nitrogen and oxygen atoms in total. The Morgan fingerprint density at radius 2 is 2.19 bits per heavy atom. The molecule has 0 aliphatic rings. The van der Waals surface area contributed by atoms with Gasteiger partial charge in [-0.1, -0.05) is 33.1 Å². The van der Waals surface area contributed by atoms with Gasteiger partial charge in [-0.15, -0.1) is 0 Å². The minimum Gasteiger partial charge on any atom is -0.462 e. The summed E-state index contributed by atoms with van der Waals surface area (Å²) in [5, 5.41) is 3.27. The molecule has 0 aliphatic carbocycles. The molecule has 0 spiro atoms. The largest absolute Gasteiger partial charge is 0.462 e. The number of hydrogen-bond acceptors (Lipinski definition) is 5. The molecule has 1 heterocycles. The maximum atomic E-state index is 11.9. The predicted molar refractivity (Wildman–Crippen MR) is 86.4 cm³/mol. The molecule has 1 unspecified atom stereocenters. The van der Waals surface area contributed by atoms with Gasteiger partial charge in [0.25, 0.3) is 0 Å². The van der Waals surface area contributed by atoms with E-state index in [9.17, 15) is 4.79 Å². The van der Waals surface area contributed by atoms with Crippen molar-refractivity contribution in [3.05, 3.63) is 17.8 Å². The van der Waals surface area contributed by atoms with E-state index in [0.29, 0.717) is 29.6 Å². The van der Waals surface area contributed by atoms with E-state index in [1.54, 1.807) is 19.2 Å². The van der Waals surface area contributed by atoms with E-state index in [1.165, 1.54) is 19.3 Å². The molecule has 5 heteroatoms. The third-order valence-electron chi connectivity index (χ3n) is 3.51. The average molecular weight is 293 g/mol. The van der Waals surface area contributed by atoms with Crippen LogP contribution >= 0.6 is 0 Å². The second-order valence-electron chi connectivity index (χ2n) is 5.18. The summed E-state index contributed by atoms with van der Waals surface area (Å²) in [5.74, 6) is 0.748. The zero-order valence-corrected chi connectivity index (χ0v) is 13.3. The van der Waals surface area contributed by atoms with E-state index in [2.05, 4.69) is 24.1 Å². The number of nitrogen functional groups attached to an aromatic ring is 1. The molecule has 1 rings (SSSR count). The Kier molecular flexibility index (Phi) is 7.58. The summed E-state index contributed by atoms with van der Waals surface area (Å²) in [6.45, 7) is 7.30. The minimum absolute atomic E-state index is 0.334. The van der Waals surface area contributed by atoms with Crippen LogP contribution in [0.5, 0.6) is 0 Å². The fourth-order valence-corrected chi connectivity index (χ4v) is 2.17. The van der Waals surface area contributed by atoms with E-state index in [-0.39, 0.29) is 5.97 Å². The van der Waals surface area contributed by atoms with E-state index in [0.717, 1.165) is 13.0 Å². The van der Waals surface area contributed by atoms with Gasteiger partial charge in [0.05, 0.1) is 18.5 Å². The summed E-state index contributed by atoms with van der Waals surface area (Å²) in [5.41, 5.74) is 6.58. The summed E-state index contributed by atoms with van der Waals surface area (Å²) < 4.78 is 5.05. The van der Waals surface area contributed by atoms with Crippen molar-refractivity contribution in [2.24, 2.45) is 5.92 Å². The Bertz CT molecular complexity index is 449. The van der Waals surface area contributed by atoms with Crippen LogP contribution in [-0.2, 0) is 4.74 Å². The quantitative estimate of drug-likeness (QED) is 0.682. The van der Waals surface area contributed by atoms with Gasteiger partial charge in [-0.2, -0.15) is 0 Å². The fraction of sp³-hybridized carbons (Fsp3) is 0.625. The normalized spacial score (nSPS) is 12.0. The smallest absolute Gasteiger partial charge is 0.341 e. The number of anilines is 2. The van der Waals surface area contributed by atoms with Crippen molar-refractivity contribution in [2.75, 3.05) is 24.2 Å². The average Bonchev–Trinajstić information content (AvgIpc) is 2.48. The Hall–Kier alpha value is -1.78. The number of unbranched alkanes of at least 4 members (excludes halogenated alkanes) is 1. The maximum absolute atomic E-state index is 11.9. The molecular weight excluding hydrogens is 266 g/mol. The number of esters is 1. The molecule has 0 bridgehead atoms. The van der Waals surface area contributed by atoms with Gasteiger partial charge in [-0.05, 0) is 25.3 Å². The first-order valence-corrected chi connectivity index (χ1v) is 7.78. The highest BCUT2D eigenvalue weighted by atomic mass is 16.5. The molecule has 0 aliphatic heterocycles. The van der Waals surface area contributed by atoms with Crippen LogP contribution in [0.4, 0.5) is 11.5 Å². The van der Waals surface area contributed by atoms with Crippen molar-refractivity contribution < 1.29 is 9.53 Å². The van der Waals surface area contributed by atoms with Crippen LogP contribution in [-0.4, -0.2) is 24.1 Å². The number of pyridine rings is 1. The van der Waals surface area contributed by atoms with Crippen molar-refractivity contribution in [3.8, 4) is 0 Å². The van der Waals surface area contributed by atoms with Crippen LogP contribution < -0.4 is 11.1 Å². The highest BCUT2D eigenvalue weighted by Gasteiger charge is 2.15. The third kappa shape index (κ3) is 5.61. The van der Waals surface area contributed by atoms with Crippen molar-refractivity contribution in [2.45, 2.75) is 46.5 Å². The Balaban J connectivity index is 2.75. The number of rotatable bonds is 9. The summed E-state index contributed by atoms with van der Waals surface area (Å²) in [6, 6.07) is 1.61. The summed E-state index contributed by atoms with van der Waals surface area (Å²) >= 11 is 0. The molecule has 0 amide bonds. The van der Waals surface area contributed by atoms with Crippen molar-refractivity contribution in [1.29, 1.82) is 0 Å². The number of carbonyl (C=O) groups excluding carboxylic acids is 1. The number of nitrogens with one attached hydrogen (secondary N) is 1. The Morgan fingerprint density at radius 1 is 1.43 bits per heavy atom. The summed E-state index contributed by atoms with van der Waals surface area (Å²) in [7, 11) is 0. The van der Waals surface area contributed by atoms with E-state index in [1.807, 2.05) is 0 Å². The zero-order chi connectivity index (χ0) is 15.7. The van der Waals surface area contributed by atoms with Gasteiger partial charge in [0.1, 0.15) is 11.4 Å². The summed E-state index contributed by atoms with van der Waals surface area (Å²) in [6.07, 6.45) is 6.27. The number of nitrogens with two attached hydrogens (primary N) is 1. The van der Waals surface area contributed by atoms with Gasteiger partial charge >= 0.3 is 5.97 Å². The minimum atomic E-state index is -0.388. The van der Waals surface area contributed by atoms with Crippen LogP contribution in [0, 0.1) is 5.92 Å². The van der Waals surface area contributed by atoms with Gasteiger partial charge in [0, 0.05) is 6.54 Å². The lowest BCUT2D eigenvalue weighted by Gasteiger charge is -2.17. The zero-order valence-electron chi connectivity index (χ0n) is 13.3. The van der Waals surface area contributed by atoms with Crippen LogP contribution in [0.25, 0.3) is 0 Å². The molecule has 0 radical (unpaired) electrons. The molecule has 1 aromatic rings. The molecule has 0 fully saturated rings. The number of ether oxygens (including phenoxy) is 1. The molecular formula is C16H27N3O2. The topological polar surface area (TPSA) is 77.2 Å². The highest BCUT2D eigenvalue weighted by molar-refractivity contribution is 5.95. The molecule has 21 heavy (non-hydrogen) atoms. The van der Waals surface area contributed by atoms with Crippen LogP contribution in [0.3, 0.4) is 0 Å². The van der Waals surface area contributed by atoms with E-state index < -0.39 is 0 Å². The second kappa shape index (κ2) is 9.21. The van der Waals surface area contributed by atoms with Gasteiger partial charge < -0.3 is 15.8 Å². The fourth-order valence-electron chi connectivity index (χ4n) is 2.17. The second-order valence-corrected chi connectivity index (χ2v) is 5.18. The number of aromatic nitrogens is 1. The van der Waals surface area contributed by atoms with E-state index >= 15 is 0 Å². The van der Waals surface area contributed by atoms with Crippen molar-refractivity contribution >= 4 is 17.5 Å². The first-order chi connectivity index (χ1) is 10.1. The van der Waals surface area contributed by atoms with Gasteiger partial charge in [-0.3, -0.25) is 0 Å². The molecule has 118 valence electrons. The molecule has 0 saturated carbocycles. The highest BCUT2D eigenvalue weighted by Crippen LogP contribution is 2.19. The van der Waals surface area contributed by atoms with Crippen LogP contribution in [0.1, 0.15) is 56.8 Å². The van der Waals surface area contributed by atoms with E-state index in [4.69, 9.17) is 10.5 Å².